The first-order valence-corrected chi connectivity index (χ1v) is 10.7. The second-order valence-electron chi connectivity index (χ2n) is 6.58. The zero-order valence-electron chi connectivity index (χ0n) is 15.2. The van der Waals surface area contributed by atoms with Crippen molar-refractivity contribution in [2.45, 2.75) is 26.7 Å². The van der Waals surface area contributed by atoms with E-state index in [1.165, 1.54) is 0 Å². The Morgan fingerprint density at radius 1 is 0.769 bits per heavy atom. The van der Waals surface area contributed by atoms with Gasteiger partial charge in [0.15, 0.2) is 0 Å². The van der Waals surface area contributed by atoms with Crippen LogP contribution in [0.25, 0.3) is 0 Å². The zero-order valence-corrected chi connectivity index (χ0v) is 16.8. The molecule has 8 nitrogen and oxygen atoms in total. The van der Waals surface area contributed by atoms with Crippen LogP contribution in [0.5, 0.6) is 0 Å². The van der Waals surface area contributed by atoms with Crippen molar-refractivity contribution in [3.63, 3.8) is 0 Å². The summed E-state index contributed by atoms with van der Waals surface area (Å²) < 4.78 is 31.7. The molecule has 2 aliphatic rings. The number of hydrogen-bond donors (Lipinski definition) is 0. The minimum atomic E-state index is -0.542. The third kappa shape index (κ3) is 6.58. The highest BCUT2D eigenvalue weighted by atomic mass is 33.1. The molecule has 2 saturated heterocycles. The Bertz CT molecular complexity index is 419. The molecule has 2 heterocycles. The van der Waals surface area contributed by atoms with Gasteiger partial charge in [0.1, 0.15) is 26.8 Å². The monoisotopic (exact) mass is 410 g/mol. The Morgan fingerprint density at radius 2 is 1.12 bits per heavy atom. The first-order valence-electron chi connectivity index (χ1n) is 8.52. The van der Waals surface area contributed by atoms with Crippen LogP contribution in [0.3, 0.4) is 0 Å². The highest BCUT2D eigenvalue weighted by Gasteiger charge is 2.35. The van der Waals surface area contributed by atoms with Gasteiger partial charge in [-0.3, -0.25) is 0 Å². The van der Waals surface area contributed by atoms with Gasteiger partial charge >= 0.3 is 10.6 Å². The van der Waals surface area contributed by atoms with E-state index in [2.05, 4.69) is 0 Å². The summed E-state index contributed by atoms with van der Waals surface area (Å²) in [5, 5.41) is -1.08. The maximum Gasteiger partial charge on any atom is 0.378 e. The molecule has 0 bridgehead atoms. The molecule has 0 atom stereocenters. The third-order valence-electron chi connectivity index (χ3n) is 4.64. The fraction of sp³-hybridized carbons (Fsp3) is 0.875. The van der Waals surface area contributed by atoms with Gasteiger partial charge in [0.25, 0.3) is 0 Å². The van der Waals surface area contributed by atoms with Crippen molar-refractivity contribution in [2.24, 2.45) is 10.8 Å². The van der Waals surface area contributed by atoms with Gasteiger partial charge in [0.2, 0.25) is 0 Å². The van der Waals surface area contributed by atoms with Crippen molar-refractivity contribution in [1.29, 1.82) is 0 Å². The van der Waals surface area contributed by atoms with Crippen molar-refractivity contribution in [3.05, 3.63) is 0 Å². The highest BCUT2D eigenvalue weighted by Crippen LogP contribution is 2.32. The molecule has 0 radical (unpaired) electrons. The molecule has 2 fully saturated rings. The molecular weight excluding hydrogens is 384 g/mol. The number of carbonyl (C=O) groups is 2. The predicted molar refractivity (Wildman–Crippen MR) is 96.9 cm³/mol. The van der Waals surface area contributed by atoms with Gasteiger partial charge < -0.3 is 28.4 Å². The minimum Gasteiger partial charge on any atom is -0.456 e. The smallest absolute Gasteiger partial charge is 0.378 e. The Hall–Kier alpha value is -0.520. The Balaban J connectivity index is 1.65. The molecule has 10 heteroatoms. The summed E-state index contributed by atoms with van der Waals surface area (Å²) in [6.45, 7) is 6.85. The molecule has 0 aromatic carbocycles. The summed E-state index contributed by atoms with van der Waals surface area (Å²) in [7, 11) is 1.42. The van der Waals surface area contributed by atoms with E-state index < -0.39 is 10.6 Å². The first kappa shape index (κ1) is 21.8. The number of rotatable bonds is 6. The molecule has 0 aliphatic carbocycles. The second-order valence-corrected chi connectivity index (χ2v) is 8.58. The molecule has 0 saturated carbocycles. The van der Waals surface area contributed by atoms with Gasteiger partial charge in [0.05, 0.1) is 37.3 Å². The molecule has 150 valence electrons. The lowest BCUT2D eigenvalue weighted by Gasteiger charge is -2.35. The standard InChI is InChI=1S/C16H26O8S2/c1-3-15(5-19-11-20-6-15)9-23-13(17)25-26-14(18)24-10-16(4-2)7-21-12-22-8-16/h3-12H2,1-2H3. The van der Waals surface area contributed by atoms with Crippen molar-refractivity contribution < 1.29 is 38.0 Å². The van der Waals surface area contributed by atoms with Crippen LogP contribution in [0.2, 0.25) is 0 Å². The Morgan fingerprint density at radius 3 is 1.42 bits per heavy atom. The molecule has 2 rings (SSSR count). The molecular formula is C16H26O8S2. The molecule has 0 unspecified atom stereocenters. The van der Waals surface area contributed by atoms with E-state index in [0.717, 1.165) is 12.8 Å². The lowest BCUT2D eigenvalue weighted by molar-refractivity contribution is -0.176. The topological polar surface area (TPSA) is 89.5 Å². The number of hydrogen-bond acceptors (Lipinski definition) is 10. The fourth-order valence-electron chi connectivity index (χ4n) is 2.55. The van der Waals surface area contributed by atoms with Crippen LogP contribution in [0, 0.1) is 10.8 Å². The molecule has 0 amide bonds. The molecule has 0 aromatic heterocycles. The van der Waals surface area contributed by atoms with Gasteiger partial charge in [0, 0.05) is 21.6 Å². The quantitative estimate of drug-likeness (QED) is 0.479. The molecule has 26 heavy (non-hydrogen) atoms. The van der Waals surface area contributed by atoms with Crippen LogP contribution in [-0.2, 0) is 28.4 Å². The van der Waals surface area contributed by atoms with E-state index in [9.17, 15) is 9.59 Å². The third-order valence-corrected chi connectivity index (χ3v) is 6.29. The van der Waals surface area contributed by atoms with Crippen LogP contribution in [0.1, 0.15) is 26.7 Å². The molecule has 0 aromatic rings. The summed E-state index contributed by atoms with van der Waals surface area (Å²) in [4.78, 5) is 23.7. The second kappa shape index (κ2) is 10.7. The van der Waals surface area contributed by atoms with E-state index in [1.807, 2.05) is 13.8 Å². The Kier molecular flexibility index (Phi) is 8.98. The van der Waals surface area contributed by atoms with E-state index in [1.54, 1.807) is 0 Å². The summed E-state index contributed by atoms with van der Waals surface area (Å²) in [6.07, 6.45) is 1.53. The lowest BCUT2D eigenvalue weighted by atomic mass is 9.87. The average molecular weight is 411 g/mol. The average Bonchev–Trinajstić information content (AvgIpc) is 2.70. The van der Waals surface area contributed by atoms with E-state index in [0.29, 0.717) is 48.0 Å². The maximum absolute atomic E-state index is 11.9. The summed E-state index contributed by atoms with van der Waals surface area (Å²) in [5.74, 6) is 0. The highest BCUT2D eigenvalue weighted by molar-refractivity contribution is 8.86. The number of carbonyl (C=O) groups excluding carboxylic acids is 2. The van der Waals surface area contributed by atoms with Gasteiger partial charge in [-0.05, 0) is 12.8 Å². The largest absolute Gasteiger partial charge is 0.456 e. The first-order chi connectivity index (χ1) is 12.5. The summed E-state index contributed by atoms with van der Waals surface area (Å²) in [5.41, 5.74) is -0.651. The zero-order chi connectivity index (χ0) is 18.9. The molecule has 0 N–H and O–H groups in total. The molecule has 0 spiro atoms. The van der Waals surface area contributed by atoms with E-state index in [4.69, 9.17) is 28.4 Å². The van der Waals surface area contributed by atoms with E-state index in [-0.39, 0.29) is 37.6 Å². The maximum atomic E-state index is 11.9. The van der Waals surface area contributed by atoms with Crippen LogP contribution in [-0.4, -0.2) is 63.8 Å². The normalized spacial score (nSPS) is 21.8. The lowest BCUT2D eigenvalue weighted by Crippen LogP contribution is -2.41. The van der Waals surface area contributed by atoms with Gasteiger partial charge in [-0.2, -0.15) is 0 Å². The minimum absolute atomic E-state index is 0.193. The predicted octanol–water partition coefficient (Wildman–Crippen LogP) is 3.44. The van der Waals surface area contributed by atoms with Crippen LogP contribution in [0.4, 0.5) is 9.59 Å². The van der Waals surface area contributed by atoms with Gasteiger partial charge in [-0.1, -0.05) is 13.8 Å². The van der Waals surface area contributed by atoms with Crippen molar-refractivity contribution in [1.82, 2.24) is 0 Å². The van der Waals surface area contributed by atoms with Gasteiger partial charge in [-0.15, -0.1) is 0 Å². The molecule has 2 aliphatic heterocycles. The summed E-state index contributed by atoms with van der Waals surface area (Å²) >= 11 is 0. The van der Waals surface area contributed by atoms with Crippen molar-refractivity contribution >= 4 is 32.2 Å². The Labute approximate surface area is 161 Å². The van der Waals surface area contributed by atoms with Gasteiger partial charge in [-0.25, -0.2) is 9.59 Å². The van der Waals surface area contributed by atoms with Crippen molar-refractivity contribution in [2.75, 3.05) is 53.2 Å². The fourth-order valence-corrected chi connectivity index (χ4v) is 3.60. The van der Waals surface area contributed by atoms with Crippen LogP contribution in [0.15, 0.2) is 0 Å². The summed E-state index contributed by atoms with van der Waals surface area (Å²) in [6, 6.07) is 0. The SMILES string of the molecule is CCC1(COC(=O)SSC(=O)OCC2(CC)COCOC2)COCOC1. The van der Waals surface area contributed by atoms with Crippen LogP contribution >= 0.6 is 21.6 Å². The number of ether oxygens (including phenoxy) is 6. The van der Waals surface area contributed by atoms with Crippen LogP contribution < -0.4 is 0 Å². The van der Waals surface area contributed by atoms with Crippen molar-refractivity contribution in [3.8, 4) is 0 Å². The van der Waals surface area contributed by atoms with E-state index >= 15 is 0 Å².